The highest BCUT2D eigenvalue weighted by Gasteiger charge is 2.51. The lowest BCUT2D eigenvalue weighted by molar-refractivity contribution is -0.139. The first-order valence-corrected chi connectivity index (χ1v) is 11.7. The summed E-state index contributed by atoms with van der Waals surface area (Å²) >= 11 is 0. The number of methoxy groups -OCH3 is 1. The smallest absolute Gasteiger partial charge is 0.297 e. The maximum absolute atomic E-state index is 13.2. The molecule has 35 heavy (non-hydrogen) atoms. The second-order valence-corrected chi connectivity index (χ2v) is 9.07. The van der Waals surface area contributed by atoms with Crippen molar-refractivity contribution in [1.82, 2.24) is 9.47 Å². The molecule has 9 heteroatoms. The molecule has 0 saturated carbocycles. The lowest BCUT2D eigenvalue weighted by Crippen LogP contribution is -2.43. The average molecular weight is 482 g/mol. The Hall–Kier alpha value is -3.43. The number of amides is 2. The Kier molecular flexibility index (Phi) is 6.82. The average Bonchev–Trinajstić information content (AvgIpc) is 3.42. The summed E-state index contributed by atoms with van der Waals surface area (Å²) in [6.45, 7) is 2.29. The van der Waals surface area contributed by atoms with E-state index in [9.17, 15) is 24.6 Å². The molecule has 2 N–H and O–H groups in total. The van der Waals surface area contributed by atoms with E-state index in [4.69, 9.17) is 4.74 Å². The number of anilines is 1. The van der Waals surface area contributed by atoms with Crippen LogP contribution in [0.2, 0.25) is 0 Å². The normalized spacial score (nSPS) is 22.7. The van der Waals surface area contributed by atoms with E-state index in [1.807, 2.05) is 0 Å². The predicted octanol–water partition coefficient (Wildman–Crippen LogP) is 1.58. The molecule has 186 valence electrons. The Morgan fingerprint density at radius 3 is 2.80 bits per heavy atom. The third kappa shape index (κ3) is 4.15. The molecule has 1 saturated heterocycles. The molecule has 4 rings (SSSR count). The minimum Gasteiger partial charge on any atom is -0.491 e. The fourth-order valence-corrected chi connectivity index (χ4v) is 5.01. The standard InChI is InChI=1S/C26H31N3O6/c1-17(7-4-10-23(31)28-13-5-8-19(28)16-30)26(34)20-15-18(11-12-21(20)27(2)25(26)33)29-14-6-9-22(35-3)24(29)32/h4,6-7,9,11-12,14-15,17,19,30,34H,5,8,10,13,16H2,1-3H3/b7-4+/t17-,19+,26+/m1/s1. The van der Waals surface area contributed by atoms with Crippen molar-refractivity contribution in [3.8, 4) is 11.4 Å². The molecule has 1 aromatic heterocycles. The molecule has 0 bridgehead atoms. The minimum atomic E-state index is -1.86. The molecule has 1 fully saturated rings. The Morgan fingerprint density at radius 2 is 2.09 bits per heavy atom. The lowest BCUT2D eigenvalue weighted by Gasteiger charge is -2.27. The molecule has 0 aliphatic carbocycles. The summed E-state index contributed by atoms with van der Waals surface area (Å²) in [5, 5.41) is 21.1. The Morgan fingerprint density at radius 1 is 1.31 bits per heavy atom. The molecular weight excluding hydrogens is 450 g/mol. The van der Waals surface area contributed by atoms with Gasteiger partial charge in [0.2, 0.25) is 5.91 Å². The number of carbonyl (C=O) groups excluding carboxylic acids is 2. The van der Waals surface area contributed by atoms with E-state index in [-0.39, 0.29) is 36.3 Å². The van der Waals surface area contributed by atoms with Gasteiger partial charge in [0, 0.05) is 43.4 Å². The van der Waals surface area contributed by atoms with Crippen LogP contribution in [0, 0.1) is 5.92 Å². The number of nitrogens with zero attached hydrogens (tertiary/aromatic N) is 3. The molecule has 2 amide bonds. The fraction of sp³-hybridized carbons (Fsp3) is 0.423. The Bertz CT molecular complexity index is 1220. The third-order valence-electron chi connectivity index (χ3n) is 7.08. The van der Waals surface area contributed by atoms with Crippen molar-refractivity contribution in [1.29, 1.82) is 0 Å². The van der Waals surface area contributed by atoms with Crippen molar-refractivity contribution in [3.63, 3.8) is 0 Å². The molecule has 1 aromatic carbocycles. The number of rotatable bonds is 7. The summed E-state index contributed by atoms with van der Waals surface area (Å²) < 4.78 is 6.53. The molecule has 2 aromatic rings. The van der Waals surface area contributed by atoms with Gasteiger partial charge in [-0.1, -0.05) is 19.1 Å². The summed E-state index contributed by atoms with van der Waals surface area (Å²) in [7, 11) is 3.02. The van der Waals surface area contributed by atoms with Gasteiger partial charge in [0.05, 0.1) is 25.4 Å². The highest BCUT2D eigenvalue weighted by molar-refractivity contribution is 6.07. The number of aliphatic hydroxyl groups excluding tert-OH is 1. The second-order valence-electron chi connectivity index (χ2n) is 9.07. The number of likely N-dealkylation sites (N-methyl/N-ethyl adjacent to an activating group) is 1. The van der Waals surface area contributed by atoms with Crippen LogP contribution in [0.3, 0.4) is 0 Å². The van der Waals surface area contributed by atoms with Gasteiger partial charge < -0.3 is 24.7 Å². The van der Waals surface area contributed by atoms with Gasteiger partial charge in [-0.15, -0.1) is 0 Å². The zero-order valence-electron chi connectivity index (χ0n) is 20.2. The summed E-state index contributed by atoms with van der Waals surface area (Å²) in [6.07, 6.45) is 6.71. The fourth-order valence-electron chi connectivity index (χ4n) is 5.01. The van der Waals surface area contributed by atoms with Gasteiger partial charge in [-0.25, -0.2) is 0 Å². The van der Waals surface area contributed by atoms with Crippen molar-refractivity contribution in [3.05, 3.63) is 64.6 Å². The highest BCUT2D eigenvalue weighted by atomic mass is 16.5. The first-order valence-electron chi connectivity index (χ1n) is 11.7. The summed E-state index contributed by atoms with van der Waals surface area (Å²) in [5.41, 5.74) is -0.782. The number of aromatic nitrogens is 1. The van der Waals surface area contributed by atoms with Crippen molar-refractivity contribution in [2.24, 2.45) is 5.92 Å². The largest absolute Gasteiger partial charge is 0.491 e. The van der Waals surface area contributed by atoms with Crippen LogP contribution in [-0.4, -0.2) is 64.8 Å². The second kappa shape index (κ2) is 9.67. The van der Waals surface area contributed by atoms with E-state index in [1.54, 1.807) is 67.6 Å². The number of benzene rings is 1. The van der Waals surface area contributed by atoms with Gasteiger partial charge in [-0.3, -0.25) is 19.0 Å². The maximum atomic E-state index is 13.2. The summed E-state index contributed by atoms with van der Waals surface area (Å²) in [5.74, 6) is -1.03. The van der Waals surface area contributed by atoms with Gasteiger partial charge >= 0.3 is 0 Å². The van der Waals surface area contributed by atoms with Crippen LogP contribution in [0.1, 0.15) is 31.7 Å². The van der Waals surface area contributed by atoms with Gasteiger partial charge in [0.15, 0.2) is 11.4 Å². The van der Waals surface area contributed by atoms with Gasteiger partial charge in [-0.05, 0) is 43.2 Å². The molecule has 0 spiro atoms. The van der Waals surface area contributed by atoms with Crippen LogP contribution in [0.5, 0.6) is 5.75 Å². The van der Waals surface area contributed by atoms with Crippen LogP contribution in [0.4, 0.5) is 5.69 Å². The monoisotopic (exact) mass is 481 g/mol. The van der Waals surface area contributed by atoms with Crippen molar-refractivity contribution >= 4 is 17.5 Å². The number of ether oxygens (including phenoxy) is 1. The molecule has 0 unspecified atom stereocenters. The topological polar surface area (TPSA) is 112 Å². The number of aliphatic hydroxyl groups is 2. The minimum absolute atomic E-state index is 0.0536. The number of likely N-dealkylation sites (tertiary alicyclic amines) is 1. The predicted molar refractivity (Wildman–Crippen MR) is 131 cm³/mol. The number of hydrogen-bond donors (Lipinski definition) is 2. The maximum Gasteiger partial charge on any atom is 0.297 e. The molecule has 3 atom stereocenters. The van der Waals surface area contributed by atoms with Crippen LogP contribution < -0.4 is 15.2 Å². The number of pyridine rings is 1. The number of hydrogen-bond acceptors (Lipinski definition) is 6. The molecule has 2 aliphatic rings. The number of fused-ring (bicyclic) bond motifs is 1. The third-order valence-corrected chi connectivity index (χ3v) is 7.08. The quantitative estimate of drug-likeness (QED) is 0.581. The Balaban J connectivity index is 1.62. The van der Waals surface area contributed by atoms with Gasteiger partial charge in [-0.2, -0.15) is 0 Å². The first-order chi connectivity index (χ1) is 16.7. The molecule has 3 heterocycles. The molecular formula is C26H31N3O6. The summed E-state index contributed by atoms with van der Waals surface area (Å²) in [4.78, 5) is 41.6. The zero-order valence-corrected chi connectivity index (χ0v) is 20.2. The van der Waals surface area contributed by atoms with E-state index in [2.05, 4.69) is 0 Å². The SMILES string of the molecule is COc1cccn(-c2ccc3c(c2)[C@@](O)([C@H](C)/C=C/CC(=O)N2CCC[C@H]2CO)C(=O)N3C)c1=O. The molecule has 9 nitrogen and oxygen atoms in total. The van der Waals surface area contributed by atoms with Crippen molar-refractivity contribution in [2.45, 2.75) is 37.8 Å². The zero-order chi connectivity index (χ0) is 25.3. The van der Waals surface area contributed by atoms with Gasteiger partial charge in [0.1, 0.15) is 0 Å². The van der Waals surface area contributed by atoms with E-state index in [0.717, 1.165) is 12.8 Å². The van der Waals surface area contributed by atoms with E-state index in [0.29, 0.717) is 23.5 Å². The van der Waals surface area contributed by atoms with Crippen LogP contribution in [0.15, 0.2) is 53.5 Å². The lowest BCUT2D eigenvalue weighted by atomic mass is 9.82. The molecule has 0 radical (unpaired) electrons. The van der Waals surface area contributed by atoms with Crippen molar-refractivity contribution < 1.29 is 24.5 Å². The first kappa shape index (κ1) is 24.7. The summed E-state index contributed by atoms with van der Waals surface area (Å²) in [6, 6.07) is 8.16. The van der Waals surface area contributed by atoms with Crippen LogP contribution >= 0.6 is 0 Å². The highest BCUT2D eigenvalue weighted by Crippen LogP contribution is 2.45. The molecule has 2 aliphatic heterocycles. The number of carbonyl (C=O) groups is 2. The van der Waals surface area contributed by atoms with Crippen LogP contribution in [-0.2, 0) is 15.2 Å². The van der Waals surface area contributed by atoms with E-state index >= 15 is 0 Å². The van der Waals surface area contributed by atoms with Crippen LogP contribution in [0.25, 0.3) is 5.69 Å². The van der Waals surface area contributed by atoms with E-state index in [1.165, 1.54) is 16.6 Å². The Labute approximate surface area is 203 Å². The van der Waals surface area contributed by atoms with Crippen molar-refractivity contribution in [2.75, 3.05) is 32.2 Å². The van der Waals surface area contributed by atoms with Gasteiger partial charge in [0.25, 0.3) is 11.5 Å². The van der Waals surface area contributed by atoms with E-state index < -0.39 is 17.4 Å².